The number of carbonyl (C=O) groups is 5. The number of allylic oxidation sites excluding steroid dienone is 1. The molecule has 70 heavy (non-hydrogen) atoms. The van der Waals surface area contributed by atoms with Gasteiger partial charge in [0.2, 0.25) is 17.7 Å². The third-order valence-electron chi connectivity index (χ3n) is 13.4. The van der Waals surface area contributed by atoms with Crippen LogP contribution in [-0.2, 0) is 52.8 Å². The summed E-state index contributed by atoms with van der Waals surface area (Å²) < 4.78 is 26.4. The number of nitrogens with zero attached hydrogens (tertiary/aromatic N) is 5. The molecule has 2 aliphatic rings. The van der Waals surface area contributed by atoms with Crippen molar-refractivity contribution in [2.75, 3.05) is 47.1 Å². The van der Waals surface area contributed by atoms with E-state index in [2.05, 4.69) is 73.9 Å². The Morgan fingerprint density at radius 3 is 2.43 bits per heavy atom. The number of likely N-dealkylation sites (tertiary alicyclic amines) is 1. The molecule has 4 amide bonds. The van der Waals surface area contributed by atoms with Crippen LogP contribution in [0.3, 0.4) is 0 Å². The van der Waals surface area contributed by atoms with Gasteiger partial charge in [0, 0.05) is 85.7 Å². The van der Waals surface area contributed by atoms with Crippen LogP contribution < -0.4 is 10.7 Å². The van der Waals surface area contributed by atoms with E-state index in [9.17, 15) is 28.4 Å². The van der Waals surface area contributed by atoms with Crippen LogP contribution in [0.5, 0.6) is 0 Å². The number of aryl methyl sites for hydroxylation is 2. The lowest BCUT2D eigenvalue weighted by Gasteiger charge is -2.41. The zero-order chi connectivity index (χ0) is 50.9. The van der Waals surface area contributed by atoms with E-state index in [1.54, 1.807) is 20.4 Å². The number of aromatic nitrogens is 2. The van der Waals surface area contributed by atoms with E-state index in [0.29, 0.717) is 19.3 Å². The number of methoxy groups -OCH3 is 1. The molecule has 0 saturated carbocycles. The molecule has 0 aliphatic carbocycles. The van der Waals surface area contributed by atoms with E-state index in [1.165, 1.54) is 20.4 Å². The number of ether oxygens (including phenoxy) is 2. The first kappa shape index (κ1) is 53.8. The Morgan fingerprint density at radius 2 is 1.74 bits per heavy atom. The van der Waals surface area contributed by atoms with E-state index in [0.717, 1.165) is 76.1 Å². The highest BCUT2D eigenvalue weighted by molar-refractivity contribution is 6.29. The van der Waals surface area contributed by atoms with E-state index in [4.69, 9.17) is 14.5 Å². The Labute approximate surface area is 418 Å². The number of hydrogen-bond acceptors (Lipinski definition) is 9. The molecule has 0 unspecified atom stereocenters. The highest BCUT2D eigenvalue weighted by Crippen LogP contribution is 2.40. The second-order valence-corrected chi connectivity index (χ2v) is 20.6. The molecule has 0 bridgehead atoms. The lowest BCUT2D eigenvalue weighted by molar-refractivity contribution is -0.156. The van der Waals surface area contributed by atoms with Crippen molar-refractivity contribution in [1.29, 1.82) is 0 Å². The zero-order valence-corrected chi connectivity index (χ0v) is 43.9. The van der Waals surface area contributed by atoms with Crippen LogP contribution >= 0.6 is 0 Å². The van der Waals surface area contributed by atoms with Gasteiger partial charge in [0.15, 0.2) is 0 Å². The molecule has 372 valence electrons. The number of rotatable bonds is 20. The Hall–Kier alpha value is -5.50. The smallest absolute Gasteiger partial charge is 0.323 e. The number of hydrazine groups is 1. The van der Waals surface area contributed by atoms with Crippen molar-refractivity contribution >= 4 is 61.0 Å². The maximum Gasteiger partial charge on any atom is 0.323 e. The molecule has 2 N–H and O–H groups in total. The molecule has 5 atom stereocenters. The highest BCUT2D eigenvalue weighted by Gasteiger charge is 2.47. The maximum atomic E-state index is 14.9. The summed E-state index contributed by atoms with van der Waals surface area (Å²) in [6.07, 6.45) is 7.49. The standard InChI is InChI=1S/C53H68FN7O7Si2/c1-9-16-39-41-32-38(21-22-43(41)60(11-3)47(39)40-19-14-26-55-45(40)35(6)67-8)37-18-12-17-36(30-37)31-42(49(64)61-27-15-23-53(70,57-61)51(66)68-29-10-2)56-48(63)46(34(4)5)58(7)50(65)52(69)24-28-59(33-52)44(62)20-13-25-54/h12-14,17-22,26,30,32,34-35,42,46,57H,9-11,15-16,23-25,27-29,31,33H2,1-8H3,(H,56,63)/b20-13+/t35-,42-,46-,52-,53-/m0/s1. The van der Waals surface area contributed by atoms with Crippen molar-refractivity contribution in [3.63, 3.8) is 0 Å². The first-order valence-electron chi connectivity index (χ1n) is 24.5. The molecule has 2 saturated heterocycles. The molecule has 0 spiro atoms. The van der Waals surface area contributed by atoms with Gasteiger partial charge in [-0.05, 0) is 104 Å². The fraction of sp³-hybridized carbons (Fsp3) is 0.509. The summed E-state index contributed by atoms with van der Waals surface area (Å²) in [5, 5.41) is 3.00. The minimum Gasteiger partial charge on any atom is -0.465 e. The molecule has 2 aromatic heterocycles. The number of fused-ring (bicyclic) bond motifs is 1. The minimum absolute atomic E-state index is 0.0272. The molecule has 4 heterocycles. The average molecular weight is 990 g/mol. The Kier molecular flexibility index (Phi) is 18.2. The molecular weight excluding hydrogens is 922 g/mol. The van der Waals surface area contributed by atoms with Crippen molar-refractivity contribution in [2.45, 2.75) is 121 Å². The van der Waals surface area contributed by atoms with Gasteiger partial charge in [-0.3, -0.25) is 34.0 Å². The molecule has 2 fully saturated rings. The molecule has 2 aromatic carbocycles. The van der Waals surface area contributed by atoms with E-state index in [1.807, 2.05) is 58.0 Å². The van der Waals surface area contributed by atoms with Crippen LogP contribution in [-0.4, -0.2) is 139 Å². The number of likely N-dealkylation sites (N-methyl/N-ethyl adjacent to an activating group) is 1. The number of alkyl halides is 1. The fourth-order valence-corrected chi connectivity index (χ4v) is 10.7. The molecule has 6 rings (SSSR count). The molecule has 6 radical (unpaired) electrons. The number of hydrogen-bond donors (Lipinski definition) is 2. The third kappa shape index (κ3) is 11.6. The largest absolute Gasteiger partial charge is 0.465 e. The van der Waals surface area contributed by atoms with Gasteiger partial charge in [0.1, 0.15) is 23.9 Å². The third-order valence-corrected chi connectivity index (χ3v) is 14.6. The lowest BCUT2D eigenvalue weighted by atomic mass is 9.95. The Morgan fingerprint density at radius 1 is 0.986 bits per heavy atom. The highest BCUT2D eigenvalue weighted by atomic mass is 28.1. The van der Waals surface area contributed by atoms with Crippen molar-refractivity contribution in [3.8, 4) is 22.4 Å². The summed E-state index contributed by atoms with van der Waals surface area (Å²) in [6.45, 7) is 12.6. The fourth-order valence-electron chi connectivity index (χ4n) is 9.84. The summed E-state index contributed by atoms with van der Waals surface area (Å²) in [7, 11) is 10.5. The molecule has 14 nitrogen and oxygen atoms in total. The van der Waals surface area contributed by atoms with Gasteiger partial charge in [-0.1, -0.05) is 64.4 Å². The summed E-state index contributed by atoms with van der Waals surface area (Å²) in [5.74, 6) is -2.77. The van der Waals surface area contributed by atoms with Crippen LogP contribution in [0.15, 0.2) is 72.9 Å². The van der Waals surface area contributed by atoms with Crippen LogP contribution in [0.4, 0.5) is 4.39 Å². The van der Waals surface area contributed by atoms with Gasteiger partial charge < -0.3 is 29.2 Å². The molecule has 2 aliphatic heterocycles. The predicted octanol–water partition coefficient (Wildman–Crippen LogP) is 6.59. The van der Waals surface area contributed by atoms with Gasteiger partial charge in [-0.15, -0.1) is 0 Å². The van der Waals surface area contributed by atoms with Gasteiger partial charge in [-0.25, -0.2) is 9.82 Å². The van der Waals surface area contributed by atoms with E-state index in [-0.39, 0.29) is 45.2 Å². The van der Waals surface area contributed by atoms with Gasteiger partial charge >= 0.3 is 5.97 Å². The van der Waals surface area contributed by atoms with Crippen molar-refractivity contribution in [2.24, 2.45) is 5.92 Å². The summed E-state index contributed by atoms with van der Waals surface area (Å²) in [4.78, 5) is 77.4. The number of benzene rings is 2. The summed E-state index contributed by atoms with van der Waals surface area (Å²) >= 11 is 0. The zero-order valence-electron chi connectivity index (χ0n) is 41.9. The van der Waals surface area contributed by atoms with E-state index < -0.39 is 64.5 Å². The minimum atomic E-state index is -1.36. The first-order valence-corrected chi connectivity index (χ1v) is 25.5. The van der Waals surface area contributed by atoms with Crippen LogP contribution in [0.25, 0.3) is 33.3 Å². The normalized spacial score (nSPS) is 19.7. The van der Waals surface area contributed by atoms with E-state index >= 15 is 0 Å². The second-order valence-electron chi connectivity index (χ2n) is 18.8. The number of pyridine rings is 1. The molecule has 4 aromatic rings. The SMILES string of the molecule is CCCOC(=O)[C@@]1([Si])CCCN(C(=O)[C@H](Cc2cccc(-c3ccc4c(c3)c(CCC)c(-c3cccnc3[C@H](C)OC)n4CC)c2)NC(=O)[C@H](C(C)C)N(C)C(=O)[C@]2([Si])CCN(C(=O)/C=C/CF)C2)N1. The first-order chi connectivity index (χ1) is 33.4. The van der Waals surface area contributed by atoms with Gasteiger partial charge in [-0.2, -0.15) is 0 Å². The quantitative estimate of drug-likeness (QED) is 0.0567. The predicted molar refractivity (Wildman–Crippen MR) is 271 cm³/mol. The average Bonchev–Trinajstić information content (AvgIpc) is 3.91. The van der Waals surface area contributed by atoms with Crippen molar-refractivity contribution in [3.05, 3.63) is 89.8 Å². The molecule has 17 heteroatoms. The maximum absolute atomic E-state index is 14.9. The van der Waals surface area contributed by atoms with Crippen molar-refractivity contribution in [1.82, 2.24) is 35.1 Å². The monoisotopic (exact) mass is 989 g/mol. The van der Waals surface area contributed by atoms with Crippen LogP contribution in [0.1, 0.15) is 96.6 Å². The lowest BCUT2D eigenvalue weighted by Crippen LogP contribution is -2.67. The number of amides is 4. The molecular formula is C53H68FN7O7Si2. The number of halogens is 1. The van der Waals surface area contributed by atoms with Crippen LogP contribution in [0, 0.1) is 5.92 Å². The number of esters is 1. The topological polar surface area (TPSA) is 155 Å². The summed E-state index contributed by atoms with van der Waals surface area (Å²) in [5.41, 5.74) is 11.2. The Bertz CT molecular complexity index is 2570. The van der Waals surface area contributed by atoms with Gasteiger partial charge in [0.25, 0.3) is 5.91 Å². The van der Waals surface area contributed by atoms with Crippen molar-refractivity contribution < 1.29 is 37.8 Å². The van der Waals surface area contributed by atoms with Crippen LogP contribution in [0.2, 0.25) is 5.04 Å². The number of nitrogens with one attached hydrogen (secondary N) is 2. The summed E-state index contributed by atoms with van der Waals surface area (Å²) in [6, 6.07) is 16.4. The number of carbonyl (C=O) groups excluding carboxylic acids is 5. The Balaban J connectivity index is 1.35. The van der Waals surface area contributed by atoms with Gasteiger partial charge in [0.05, 0.1) is 39.4 Å². The second kappa shape index (κ2) is 23.6.